The Morgan fingerprint density at radius 1 is 1.21 bits per heavy atom. The first kappa shape index (κ1) is 14.5. The highest BCUT2D eigenvalue weighted by molar-refractivity contribution is 6.25. The summed E-state index contributed by atoms with van der Waals surface area (Å²) in [5.41, 5.74) is 5.00. The summed E-state index contributed by atoms with van der Waals surface area (Å²) in [6.45, 7) is 0.453. The highest BCUT2D eigenvalue weighted by atomic mass is 16.5. The molecule has 0 unspecified atom stereocenters. The standard InChI is InChI=1S/C18H16N4O2/c1-24-12-7-5-11(6-8-12)10-22-17-16-13(15(21-19)9-20-17)3-2-4-14(16)18(22)23/h2-9,21H,10,19H2,1H3. The molecule has 1 amide bonds. The molecule has 0 bridgehead atoms. The maximum absolute atomic E-state index is 12.8. The fourth-order valence-electron chi connectivity index (χ4n) is 3.08. The first-order chi connectivity index (χ1) is 11.7. The molecular formula is C18H16N4O2. The van der Waals surface area contributed by atoms with Gasteiger partial charge in [-0.15, -0.1) is 0 Å². The van der Waals surface area contributed by atoms with Crippen molar-refractivity contribution in [1.82, 2.24) is 4.98 Å². The number of rotatable bonds is 4. The number of nitrogen functional groups attached to an aromatic ring is 1. The number of methoxy groups -OCH3 is 1. The second-order valence-corrected chi connectivity index (χ2v) is 5.61. The molecule has 0 saturated heterocycles. The van der Waals surface area contributed by atoms with Gasteiger partial charge >= 0.3 is 0 Å². The zero-order valence-electron chi connectivity index (χ0n) is 13.1. The van der Waals surface area contributed by atoms with E-state index in [1.54, 1.807) is 18.2 Å². The zero-order valence-corrected chi connectivity index (χ0v) is 13.1. The number of aromatic nitrogens is 1. The van der Waals surface area contributed by atoms with Crippen LogP contribution in [-0.2, 0) is 6.54 Å². The van der Waals surface area contributed by atoms with Crippen LogP contribution in [0.25, 0.3) is 10.8 Å². The molecule has 0 aliphatic carbocycles. The van der Waals surface area contributed by atoms with Crippen molar-refractivity contribution in [3.63, 3.8) is 0 Å². The lowest BCUT2D eigenvalue weighted by molar-refractivity contribution is 0.0991. The molecule has 2 aromatic carbocycles. The minimum Gasteiger partial charge on any atom is -0.497 e. The first-order valence-corrected chi connectivity index (χ1v) is 7.56. The van der Waals surface area contributed by atoms with Crippen LogP contribution in [0.1, 0.15) is 15.9 Å². The molecule has 6 nitrogen and oxygen atoms in total. The Morgan fingerprint density at radius 2 is 2.00 bits per heavy atom. The third-order valence-corrected chi connectivity index (χ3v) is 4.28. The van der Waals surface area contributed by atoms with Crippen LogP contribution in [0.4, 0.5) is 11.5 Å². The SMILES string of the molecule is COc1ccc(CN2C(=O)c3cccc4c(NN)cnc2c34)cc1. The van der Waals surface area contributed by atoms with Gasteiger partial charge in [0.25, 0.3) is 5.91 Å². The summed E-state index contributed by atoms with van der Waals surface area (Å²) in [5, 5.41) is 1.73. The summed E-state index contributed by atoms with van der Waals surface area (Å²) in [7, 11) is 1.63. The van der Waals surface area contributed by atoms with Crippen molar-refractivity contribution in [3.05, 3.63) is 59.8 Å². The van der Waals surface area contributed by atoms with E-state index in [9.17, 15) is 4.79 Å². The van der Waals surface area contributed by atoms with Crippen LogP contribution in [0, 0.1) is 0 Å². The normalized spacial score (nSPS) is 12.8. The van der Waals surface area contributed by atoms with Crippen LogP contribution >= 0.6 is 0 Å². The molecule has 0 fully saturated rings. The number of hydrogen-bond donors (Lipinski definition) is 2. The molecule has 6 heteroatoms. The lowest BCUT2D eigenvalue weighted by Crippen LogP contribution is -2.26. The topological polar surface area (TPSA) is 80.5 Å². The largest absolute Gasteiger partial charge is 0.497 e. The van der Waals surface area contributed by atoms with Gasteiger partial charge in [-0.05, 0) is 23.8 Å². The van der Waals surface area contributed by atoms with Crippen LogP contribution < -0.4 is 20.9 Å². The molecule has 0 radical (unpaired) electrons. The van der Waals surface area contributed by atoms with Crippen molar-refractivity contribution < 1.29 is 9.53 Å². The van der Waals surface area contributed by atoms with Gasteiger partial charge in [0.15, 0.2) is 0 Å². The molecule has 2 heterocycles. The van der Waals surface area contributed by atoms with Crippen LogP contribution in [0.5, 0.6) is 5.75 Å². The van der Waals surface area contributed by atoms with Crippen molar-refractivity contribution in [2.45, 2.75) is 6.54 Å². The molecule has 1 aliphatic rings. The van der Waals surface area contributed by atoms with E-state index >= 15 is 0 Å². The van der Waals surface area contributed by atoms with E-state index in [4.69, 9.17) is 10.6 Å². The fraction of sp³-hybridized carbons (Fsp3) is 0.111. The van der Waals surface area contributed by atoms with Crippen molar-refractivity contribution in [3.8, 4) is 5.75 Å². The number of nitrogens with two attached hydrogens (primary N) is 1. The Bertz CT molecular complexity index is 938. The maximum Gasteiger partial charge on any atom is 0.260 e. The summed E-state index contributed by atoms with van der Waals surface area (Å²) in [6.07, 6.45) is 1.65. The Balaban J connectivity index is 1.77. The van der Waals surface area contributed by atoms with E-state index in [2.05, 4.69) is 10.4 Å². The van der Waals surface area contributed by atoms with Gasteiger partial charge in [-0.1, -0.05) is 24.3 Å². The van der Waals surface area contributed by atoms with E-state index in [-0.39, 0.29) is 5.91 Å². The average Bonchev–Trinajstić information content (AvgIpc) is 2.90. The maximum atomic E-state index is 12.8. The van der Waals surface area contributed by atoms with Crippen LogP contribution in [0.2, 0.25) is 0 Å². The monoisotopic (exact) mass is 320 g/mol. The molecule has 120 valence electrons. The van der Waals surface area contributed by atoms with Gasteiger partial charge < -0.3 is 10.2 Å². The second kappa shape index (κ2) is 5.50. The molecule has 0 spiro atoms. The molecule has 3 aromatic rings. The van der Waals surface area contributed by atoms with Crippen LogP contribution in [0.3, 0.4) is 0 Å². The van der Waals surface area contributed by atoms with Gasteiger partial charge in [0, 0.05) is 10.8 Å². The second-order valence-electron chi connectivity index (χ2n) is 5.61. The van der Waals surface area contributed by atoms with Gasteiger partial charge in [-0.25, -0.2) is 4.98 Å². The van der Waals surface area contributed by atoms with Crippen LogP contribution in [0.15, 0.2) is 48.7 Å². The zero-order chi connectivity index (χ0) is 16.7. The van der Waals surface area contributed by atoms with Crippen molar-refractivity contribution in [1.29, 1.82) is 0 Å². The fourth-order valence-corrected chi connectivity index (χ4v) is 3.08. The summed E-state index contributed by atoms with van der Waals surface area (Å²) >= 11 is 0. The molecule has 0 atom stereocenters. The smallest absolute Gasteiger partial charge is 0.260 e. The highest BCUT2D eigenvalue weighted by Gasteiger charge is 2.31. The van der Waals surface area contributed by atoms with E-state index in [1.165, 1.54) is 0 Å². The molecule has 3 N–H and O–H groups in total. The number of carbonyl (C=O) groups excluding carboxylic acids is 1. The molecule has 1 aliphatic heterocycles. The number of carbonyl (C=O) groups is 1. The van der Waals surface area contributed by atoms with E-state index in [0.717, 1.165) is 22.1 Å². The van der Waals surface area contributed by atoms with Gasteiger partial charge in [0.1, 0.15) is 11.6 Å². The lowest BCUT2D eigenvalue weighted by atomic mass is 10.1. The highest BCUT2D eigenvalue weighted by Crippen LogP contribution is 2.39. The number of nitrogens with zero attached hydrogens (tertiary/aromatic N) is 2. The number of hydrazine groups is 1. The van der Waals surface area contributed by atoms with Gasteiger partial charge in [0.05, 0.1) is 31.1 Å². The quantitative estimate of drug-likeness (QED) is 0.570. The predicted octanol–water partition coefficient (Wildman–Crippen LogP) is 2.69. The minimum absolute atomic E-state index is 0.0481. The van der Waals surface area contributed by atoms with Crippen molar-refractivity contribution in [2.24, 2.45) is 5.84 Å². The molecule has 1 aromatic heterocycles. The number of amides is 1. The number of hydrogen-bond acceptors (Lipinski definition) is 5. The van der Waals surface area contributed by atoms with Crippen LogP contribution in [-0.4, -0.2) is 18.0 Å². The molecule has 4 rings (SSSR count). The Labute approximate surface area is 138 Å². The predicted molar refractivity (Wildman–Crippen MR) is 93.1 cm³/mol. The summed E-state index contributed by atoms with van der Waals surface area (Å²) in [4.78, 5) is 19.0. The molecule has 24 heavy (non-hydrogen) atoms. The van der Waals surface area contributed by atoms with Gasteiger partial charge in [0.2, 0.25) is 0 Å². The Kier molecular flexibility index (Phi) is 3.32. The number of ether oxygens (including phenoxy) is 1. The van der Waals surface area contributed by atoms with Crippen molar-refractivity contribution >= 4 is 28.2 Å². The third kappa shape index (κ3) is 2.08. The van der Waals surface area contributed by atoms with E-state index < -0.39 is 0 Å². The number of pyridine rings is 1. The number of benzene rings is 2. The number of anilines is 2. The van der Waals surface area contributed by atoms with Gasteiger partial charge in [-0.3, -0.25) is 15.5 Å². The molecular weight excluding hydrogens is 304 g/mol. The average molecular weight is 320 g/mol. The minimum atomic E-state index is -0.0481. The third-order valence-electron chi connectivity index (χ3n) is 4.28. The number of nitrogens with one attached hydrogen (secondary N) is 1. The molecule has 0 saturated carbocycles. The summed E-state index contributed by atoms with van der Waals surface area (Å²) in [5.74, 6) is 6.96. The Hall–Kier alpha value is -3.12. The van der Waals surface area contributed by atoms with E-state index in [0.29, 0.717) is 23.6 Å². The lowest BCUT2D eigenvalue weighted by Gasteiger charge is -2.17. The first-order valence-electron chi connectivity index (χ1n) is 7.56. The summed E-state index contributed by atoms with van der Waals surface area (Å²) in [6, 6.07) is 13.3. The van der Waals surface area contributed by atoms with E-state index in [1.807, 2.05) is 42.5 Å². The van der Waals surface area contributed by atoms with Crippen molar-refractivity contribution in [2.75, 3.05) is 17.4 Å². The Morgan fingerprint density at radius 3 is 2.71 bits per heavy atom. The van der Waals surface area contributed by atoms with Gasteiger partial charge in [-0.2, -0.15) is 0 Å². The summed E-state index contributed by atoms with van der Waals surface area (Å²) < 4.78 is 5.17.